The van der Waals surface area contributed by atoms with Crippen molar-refractivity contribution in [1.82, 2.24) is 4.98 Å². The van der Waals surface area contributed by atoms with Crippen LogP contribution < -0.4 is 5.73 Å². The molecule has 0 saturated carbocycles. The summed E-state index contributed by atoms with van der Waals surface area (Å²) in [5.41, 5.74) is 7.69. The molecule has 0 bridgehead atoms. The van der Waals surface area contributed by atoms with Gasteiger partial charge in [0.15, 0.2) is 0 Å². The minimum absolute atomic E-state index is 0.147. The van der Waals surface area contributed by atoms with Gasteiger partial charge < -0.3 is 5.73 Å². The fourth-order valence-electron chi connectivity index (χ4n) is 2.52. The molecule has 2 heterocycles. The van der Waals surface area contributed by atoms with Crippen LogP contribution in [0.25, 0.3) is 10.8 Å². The molecule has 0 spiro atoms. The summed E-state index contributed by atoms with van der Waals surface area (Å²) < 4.78 is 0. The number of hydrogen-bond acceptors (Lipinski definition) is 3. The fraction of sp³-hybridized carbons (Fsp3) is 0.357. The normalized spacial score (nSPS) is 21.8. The third kappa shape index (κ3) is 2.05. The van der Waals surface area contributed by atoms with E-state index in [1.165, 1.54) is 34.9 Å². The van der Waals surface area contributed by atoms with E-state index >= 15 is 0 Å². The minimum Gasteiger partial charge on any atom is -0.323 e. The Bertz CT molecular complexity index is 515. The smallest absolute Gasteiger partial charge is 0.0421 e. The number of rotatable bonds is 2. The molecule has 0 radical (unpaired) electrons. The van der Waals surface area contributed by atoms with E-state index in [2.05, 4.69) is 29.2 Å². The molecule has 2 nitrogen and oxygen atoms in total. The third-order valence-electron chi connectivity index (χ3n) is 3.44. The highest BCUT2D eigenvalue weighted by molar-refractivity contribution is 8.00. The zero-order valence-corrected chi connectivity index (χ0v) is 10.5. The van der Waals surface area contributed by atoms with Crippen molar-refractivity contribution in [2.45, 2.75) is 24.1 Å². The molecule has 2 atom stereocenters. The molecule has 17 heavy (non-hydrogen) atoms. The number of fused-ring (bicyclic) bond motifs is 1. The standard InChI is InChI=1S/C14H16N2S/c15-14(13-5-2-8-17-13)12-4-1-3-10-9-16-7-6-11(10)12/h1,3-4,6-7,9,13-14H,2,5,8,15H2. The van der Waals surface area contributed by atoms with Crippen LogP contribution in [0.5, 0.6) is 0 Å². The second-order valence-electron chi connectivity index (χ2n) is 4.52. The van der Waals surface area contributed by atoms with Gasteiger partial charge in [0.05, 0.1) is 0 Å². The van der Waals surface area contributed by atoms with E-state index in [1.54, 1.807) is 0 Å². The number of hydrogen-bond donors (Lipinski definition) is 1. The summed E-state index contributed by atoms with van der Waals surface area (Å²) in [6.45, 7) is 0. The first-order valence-electron chi connectivity index (χ1n) is 6.06. The van der Waals surface area contributed by atoms with E-state index in [0.717, 1.165) is 0 Å². The van der Waals surface area contributed by atoms with Crippen LogP contribution in [0.1, 0.15) is 24.4 Å². The van der Waals surface area contributed by atoms with E-state index in [-0.39, 0.29) is 6.04 Å². The SMILES string of the molecule is NC(c1cccc2cnccc12)C1CCCS1. The molecule has 1 aromatic carbocycles. The van der Waals surface area contributed by atoms with Gasteiger partial charge in [-0.1, -0.05) is 18.2 Å². The van der Waals surface area contributed by atoms with Crippen molar-refractivity contribution < 1.29 is 0 Å². The largest absolute Gasteiger partial charge is 0.323 e. The summed E-state index contributed by atoms with van der Waals surface area (Å²) in [4.78, 5) is 4.16. The molecule has 2 unspecified atom stereocenters. The molecular weight excluding hydrogens is 228 g/mol. The van der Waals surface area contributed by atoms with Crippen LogP contribution >= 0.6 is 11.8 Å². The molecule has 2 N–H and O–H groups in total. The molecule has 1 aliphatic heterocycles. The average molecular weight is 244 g/mol. The summed E-state index contributed by atoms with van der Waals surface area (Å²) in [7, 11) is 0. The number of aromatic nitrogens is 1. The maximum Gasteiger partial charge on any atom is 0.0421 e. The Labute approximate surface area is 106 Å². The fourth-order valence-corrected chi connectivity index (χ4v) is 3.85. The first-order valence-corrected chi connectivity index (χ1v) is 7.11. The van der Waals surface area contributed by atoms with Crippen molar-refractivity contribution in [2.24, 2.45) is 5.73 Å². The third-order valence-corrected chi connectivity index (χ3v) is 4.92. The van der Waals surface area contributed by atoms with E-state index < -0.39 is 0 Å². The number of nitrogens with zero attached hydrogens (tertiary/aromatic N) is 1. The zero-order valence-electron chi connectivity index (χ0n) is 9.67. The first kappa shape index (κ1) is 11.1. The van der Waals surface area contributed by atoms with E-state index in [9.17, 15) is 0 Å². The minimum atomic E-state index is 0.147. The lowest BCUT2D eigenvalue weighted by atomic mass is 9.97. The molecule has 2 aromatic rings. The number of benzene rings is 1. The van der Waals surface area contributed by atoms with Crippen LogP contribution in [-0.2, 0) is 0 Å². The van der Waals surface area contributed by atoms with E-state index in [0.29, 0.717) is 5.25 Å². The monoisotopic (exact) mass is 244 g/mol. The summed E-state index contributed by atoms with van der Waals surface area (Å²) in [6.07, 6.45) is 6.30. The van der Waals surface area contributed by atoms with Gasteiger partial charge in [-0.15, -0.1) is 0 Å². The van der Waals surface area contributed by atoms with Gasteiger partial charge in [-0.2, -0.15) is 11.8 Å². The molecular formula is C14H16N2S. The van der Waals surface area contributed by atoms with Crippen molar-refractivity contribution in [3.8, 4) is 0 Å². The highest BCUT2D eigenvalue weighted by atomic mass is 32.2. The van der Waals surface area contributed by atoms with Crippen LogP contribution in [0.4, 0.5) is 0 Å². The topological polar surface area (TPSA) is 38.9 Å². The number of thioether (sulfide) groups is 1. The lowest BCUT2D eigenvalue weighted by Crippen LogP contribution is -2.21. The Hall–Kier alpha value is -1.06. The Balaban J connectivity index is 2.04. The van der Waals surface area contributed by atoms with Crippen LogP contribution in [0.15, 0.2) is 36.7 Å². The van der Waals surface area contributed by atoms with Crippen molar-refractivity contribution >= 4 is 22.5 Å². The zero-order chi connectivity index (χ0) is 11.7. The highest BCUT2D eigenvalue weighted by Crippen LogP contribution is 2.36. The Morgan fingerprint density at radius 1 is 1.35 bits per heavy atom. The molecule has 1 saturated heterocycles. The van der Waals surface area contributed by atoms with Gasteiger partial charge in [0.2, 0.25) is 0 Å². The van der Waals surface area contributed by atoms with Gasteiger partial charge in [0, 0.05) is 29.1 Å². The van der Waals surface area contributed by atoms with Crippen molar-refractivity contribution in [3.63, 3.8) is 0 Å². The quantitative estimate of drug-likeness (QED) is 0.882. The maximum absolute atomic E-state index is 6.43. The van der Waals surface area contributed by atoms with Gasteiger partial charge >= 0.3 is 0 Å². The second-order valence-corrected chi connectivity index (χ2v) is 5.87. The first-order chi connectivity index (χ1) is 8.36. The Kier molecular flexibility index (Phi) is 3.04. The molecule has 1 aliphatic rings. The molecule has 3 heteroatoms. The van der Waals surface area contributed by atoms with Crippen molar-refractivity contribution in [1.29, 1.82) is 0 Å². The average Bonchev–Trinajstić information content (AvgIpc) is 2.91. The summed E-state index contributed by atoms with van der Waals surface area (Å²) in [5.74, 6) is 1.25. The molecule has 1 fully saturated rings. The van der Waals surface area contributed by atoms with Gasteiger partial charge in [0.25, 0.3) is 0 Å². The number of nitrogens with two attached hydrogens (primary N) is 1. The molecule has 1 aromatic heterocycles. The maximum atomic E-state index is 6.43. The van der Waals surface area contributed by atoms with E-state index in [1.807, 2.05) is 24.2 Å². The van der Waals surface area contributed by atoms with Gasteiger partial charge in [-0.05, 0) is 35.6 Å². The van der Waals surface area contributed by atoms with E-state index in [4.69, 9.17) is 5.73 Å². The predicted molar refractivity (Wildman–Crippen MR) is 74.2 cm³/mol. The van der Waals surface area contributed by atoms with Crippen LogP contribution in [0.3, 0.4) is 0 Å². The van der Waals surface area contributed by atoms with Crippen LogP contribution in [-0.4, -0.2) is 16.0 Å². The van der Waals surface area contributed by atoms with Gasteiger partial charge in [0.1, 0.15) is 0 Å². The molecule has 3 rings (SSSR count). The Morgan fingerprint density at radius 3 is 3.12 bits per heavy atom. The summed E-state index contributed by atoms with van der Waals surface area (Å²) in [5, 5.41) is 3.01. The lowest BCUT2D eigenvalue weighted by Gasteiger charge is -2.20. The molecule has 0 aliphatic carbocycles. The van der Waals surface area contributed by atoms with Crippen molar-refractivity contribution in [2.75, 3.05) is 5.75 Å². The van der Waals surface area contributed by atoms with Crippen LogP contribution in [0, 0.1) is 0 Å². The van der Waals surface area contributed by atoms with Crippen molar-refractivity contribution in [3.05, 3.63) is 42.2 Å². The molecule has 88 valence electrons. The molecule has 0 amide bonds. The predicted octanol–water partition coefficient (Wildman–Crippen LogP) is 3.13. The van der Waals surface area contributed by atoms with Gasteiger partial charge in [-0.3, -0.25) is 4.98 Å². The lowest BCUT2D eigenvalue weighted by molar-refractivity contribution is 0.649. The Morgan fingerprint density at radius 2 is 2.29 bits per heavy atom. The van der Waals surface area contributed by atoms with Crippen LogP contribution in [0.2, 0.25) is 0 Å². The summed E-state index contributed by atoms with van der Waals surface area (Å²) in [6, 6.07) is 8.56. The van der Waals surface area contributed by atoms with Gasteiger partial charge in [-0.25, -0.2) is 0 Å². The number of pyridine rings is 1. The highest BCUT2D eigenvalue weighted by Gasteiger charge is 2.24. The second kappa shape index (κ2) is 4.67. The summed E-state index contributed by atoms with van der Waals surface area (Å²) >= 11 is 2.01.